The molecule has 4 nitrogen and oxygen atoms in total. The number of rotatable bonds is 0. The molecule has 0 amide bonds. The van der Waals surface area contributed by atoms with Gasteiger partial charge in [-0.2, -0.15) is 14.9 Å². The van der Waals surface area contributed by atoms with Gasteiger partial charge in [-0.25, -0.2) is 4.98 Å². The number of fused-ring (bicyclic) bond motifs is 1. The van der Waals surface area contributed by atoms with Crippen LogP contribution in [-0.2, 0) is 0 Å². The number of halogens is 1. The summed E-state index contributed by atoms with van der Waals surface area (Å²) in [4.78, 5) is 5.80. The number of aromatic nitrogens is 2. The summed E-state index contributed by atoms with van der Waals surface area (Å²) in [7, 11) is 0. The van der Waals surface area contributed by atoms with Crippen LogP contribution < -0.4 is 0 Å². The standard InChI is InChI=1S/C9H3FN4/c10-9-13-7-5(3-11)1-2-6(4-12)8(7)14-9/h1-2H,(H,13,14). The topological polar surface area (TPSA) is 76.3 Å². The Morgan fingerprint density at radius 1 is 1.21 bits per heavy atom. The van der Waals surface area contributed by atoms with Crippen molar-refractivity contribution in [3.8, 4) is 12.1 Å². The molecule has 66 valence electrons. The summed E-state index contributed by atoms with van der Waals surface area (Å²) < 4.78 is 12.8. The molecule has 0 radical (unpaired) electrons. The molecule has 1 N–H and O–H groups in total. The zero-order valence-corrected chi connectivity index (χ0v) is 6.87. The van der Waals surface area contributed by atoms with Crippen LogP contribution in [0.4, 0.5) is 4.39 Å². The van der Waals surface area contributed by atoms with E-state index in [9.17, 15) is 4.39 Å². The Morgan fingerprint density at radius 2 is 1.86 bits per heavy atom. The number of hydrogen-bond donors (Lipinski definition) is 1. The van der Waals surface area contributed by atoms with Gasteiger partial charge in [0.05, 0.1) is 16.6 Å². The number of H-pyrrole nitrogens is 1. The SMILES string of the molecule is N#Cc1ccc(C#N)c2[nH]c(F)nc12. The van der Waals surface area contributed by atoms with Crippen LogP contribution in [0.1, 0.15) is 11.1 Å². The first-order valence-corrected chi connectivity index (χ1v) is 3.74. The molecule has 1 aromatic carbocycles. The van der Waals surface area contributed by atoms with Gasteiger partial charge in [-0.3, -0.25) is 0 Å². The summed E-state index contributed by atoms with van der Waals surface area (Å²) in [6.45, 7) is 0. The molecule has 1 heterocycles. The summed E-state index contributed by atoms with van der Waals surface area (Å²) in [5.74, 6) is 0. The molecule has 0 unspecified atom stereocenters. The normalized spacial score (nSPS) is 9.64. The fourth-order valence-corrected chi connectivity index (χ4v) is 1.25. The first-order chi connectivity index (χ1) is 6.76. The van der Waals surface area contributed by atoms with Gasteiger partial charge in [0, 0.05) is 0 Å². The number of hydrogen-bond acceptors (Lipinski definition) is 3. The quantitative estimate of drug-likeness (QED) is 0.676. The number of imidazole rings is 1. The summed E-state index contributed by atoms with van der Waals surface area (Å²) in [5.41, 5.74) is 0.989. The largest absolute Gasteiger partial charge is 0.313 e. The maximum atomic E-state index is 12.8. The van der Waals surface area contributed by atoms with Gasteiger partial charge >= 0.3 is 0 Å². The highest BCUT2D eigenvalue weighted by atomic mass is 19.1. The van der Waals surface area contributed by atoms with Crippen molar-refractivity contribution >= 4 is 11.0 Å². The highest BCUT2D eigenvalue weighted by Gasteiger charge is 2.10. The van der Waals surface area contributed by atoms with Crippen LogP contribution in [0.15, 0.2) is 12.1 Å². The smallest absolute Gasteiger partial charge is 0.287 e. The van der Waals surface area contributed by atoms with Gasteiger partial charge in [-0.1, -0.05) is 0 Å². The van der Waals surface area contributed by atoms with Crippen LogP contribution in [0.2, 0.25) is 0 Å². The average molecular weight is 186 g/mol. The minimum absolute atomic E-state index is 0.198. The molecular formula is C9H3FN4. The lowest BCUT2D eigenvalue weighted by Crippen LogP contribution is -1.82. The first kappa shape index (κ1) is 8.21. The van der Waals surface area contributed by atoms with E-state index in [1.807, 2.05) is 12.1 Å². The van der Waals surface area contributed by atoms with E-state index in [4.69, 9.17) is 10.5 Å². The van der Waals surface area contributed by atoms with Crippen LogP contribution >= 0.6 is 0 Å². The van der Waals surface area contributed by atoms with Crippen LogP contribution in [0, 0.1) is 28.7 Å². The highest BCUT2D eigenvalue weighted by Crippen LogP contribution is 2.19. The van der Waals surface area contributed by atoms with E-state index >= 15 is 0 Å². The average Bonchev–Trinajstić information content (AvgIpc) is 2.57. The Hall–Kier alpha value is -2.40. The molecule has 14 heavy (non-hydrogen) atoms. The second kappa shape index (κ2) is 2.82. The molecule has 0 spiro atoms. The van der Waals surface area contributed by atoms with Gasteiger partial charge in [0.25, 0.3) is 6.08 Å². The molecule has 0 bridgehead atoms. The maximum Gasteiger partial charge on any atom is 0.287 e. The Balaban J connectivity index is 2.95. The molecule has 0 fully saturated rings. The van der Waals surface area contributed by atoms with Crippen molar-refractivity contribution in [2.75, 3.05) is 0 Å². The van der Waals surface area contributed by atoms with Crippen LogP contribution in [-0.4, -0.2) is 9.97 Å². The highest BCUT2D eigenvalue weighted by molar-refractivity contribution is 5.86. The third-order valence-electron chi connectivity index (χ3n) is 1.86. The van der Waals surface area contributed by atoms with E-state index in [0.29, 0.717) is 0 Å². The van der Waals surface area contributed by atoms with E-state index in [0.717, 1.165) is 0 Å². The second-order valence-corrected chi connectivity index (χ2v) is 2.64. The number of nitriles is 2. The molecule has 0 aliphatic heterocycles. The molecule has 0 aliphatic carbocycles. The molecule has 5 heteroatoms. The van der Waals surface area contributed by atoms with Crippen molar-refractivity contribution in [2.45, 2.75) is 0 Å². The van der Waals surface area contributed by atoms with Crippen molar-refractivity contribution in [3.05, 3.63) is 29.3 Å². The van der Waals surface area contributed by atoms with Gasteiger partial charge in [0.15, 0.2) is 0 Å². The Morgan fingerprint density at radius 3 is 2.50 bits per heavy atom. The van der Waals surface area contributed by atoms with Gasteiger partial charge in [-0.15, -0.1) is 0 Å². The fraction of sp³-hybridized carbons (Fsp3) is 0. The lowest BCUT2D eigenvalue weighted by atomic mass is 10.1. The van der Waals surface area contributed by atoms with Crippen molar-refractivity contribution in [2.24, 2.45) is 0 Å². The van der Waals surface area contributed by atoms with Crippen molar-refractivity contribution < 1.29 is 4.39 Å². The van der Waals surface area contributed by atoms with E-state index in [1.54, 1.807) is 0 Å². The van der Waals surface area contributed by atoms with E-state index in [1.165, 1.54) is 12.1 Å². The molecule has 0 saturated carbocycles. The Labute approximate surface area is 78.2 Å². The number of aromatic amines is 1. The summed E-state index contributed by atoms with van der Waals surface area (Å²) in [5, 5.41) is 17.4. The minimum Gasteiger partial charge on any atom is -0.313 e. The minimum atomic E-state index is -0.792. The lowest BCUT2D eigenvalue weighted by molar-refractivity contribution is 0.556. The number of nitrogens with zero attached hydrogens (tertiary/aromatic N) is 3. The lowest BCUT2D eigenvalue weighted by Gasteiger charge is -1.92. The predicted molar refractivity (Wildman–Crippen MR) is 45.5 cm³/mol. The van der Waals surface area contributed by atoms with Crippen molar-refractivity contribution in [1.82, 2.24) is 9.97 Å². The number of benzene rings is 1. The third-order valence-corrected chi connectivity index (χ3v) is 1.86. The van der Waals surface area contributed by atoms with Gasteiger partial charge < -0.3 is 4.98 Å². The van der Waals surface area contributed by atoms with E-state index in [2.05, 4.69) is 9.97 Å². The van der Waals surface area contributed by atoms with E-state index in [-0.39, 0.29) is 22.2 Å². The molecule has 2 rings (SSSR count). The monoisotopic (exact) mass is 186 g/mol. The fourth-order valence-electron chi connectivity index (χ4n) is 1.25. The summed E-state index contributed by atoms with van der Waals surface area (Å²) in [6.07, 6.45) is -0.792. The zero-order chi connectivity index (χ0) is 10.1. The molecule has 0 saturated heterocycles. The zero-order valence-electron chi connectivity index (χ0n) is 6.87. The Kier molecular flexibility index (Phi) is 1.66. The molecular weight excluding hydrogens is 183 g/mol. The molecule has 0 aliphatic rings. The Bertz CT molecular complexity index is 534. The van der Waals surface area contributed by atoms with E-state index < -0.39 is 6.08 Å². The summed E-state index contributed by atoms with van der Waals surface area (Å²) >= 11 is 0. The van der Waals surface area contributed by atoms with Crippen LogP contribution in [0.5, 0.6) is 0 Å². The third kappa shape index (κ3) is 1.00. The van der Waals surface area contributed by atoms with Crippen molar-refractivity contribution in [3.63, 3.8) is 0 Å². The van der Waals surface area contributed by atoms with Crippen LogP contribution in [0.25, 0.3) is 11.0 Å². The van der Waals surface area contributed by atoms with Gasteiger partial charge in [0.2, 0.25) is 0 Å². The van der Waals surface area contributed by atoms with Gasteiger partial charge in [-0.05, 0) is 12.1 Å². The maximum absolute atomic E-state index is 12.8. The predicted octanol–water partition coefficient (Wildman–Crippen LogP) is 1.45. The van der Waals surface area contributed by atoms with Crippen molar-refractivity contribution in [1.29, 1.82) is 10.5 Å². The van der Waals surface area contributed by atoms with Gasteiger partial charge in [0.1, 0.15) is 17.7 Å². The first-order valence-electron chi connectivity index (χ1n) is 3.74. The second-order valence-electron chi connectivity index (χ2n) is 2.64. The molecule has 0 atom stereocenters. The number of nitrogens with one attached hydrogen (secondary N) is 1. The van der Waals surface area contributed by atoms with Crippen LogP contribution in [0.3, 0.4) is 0 Å². The molecule has 2 aromatic rings. The molecule has 1 aromatic heterocycles. The summed E-state index contributed by atoms with van der Waals surface area (Å²) in [6, 6.07) is 6.67.